The molecule has 2 rings (SSSR count). The minimum absolute atomic E-state index is 0.236. The zero-order valence-corrected chi connectivity index (χ0v) is 11.6. The molecule has 1 aliphatic rings. The third kappa shape index (κ3) is 2.90. The van der Waals surface area contributed by atoms with Gasteiger partial charge < -0.3 is 4.74 Å². The average Bonchev–Trinajstić information content (AvgIpc) is 2.97. The first kappa shape index (κ1) is 13.5. The van der Waals surface area contributed by atoms with Crippen LogP contribution in [0.25, 0.3) is 0 Å². The second-order valence-corrected chi connectivity index (χ2v) is 6.80. The summed E-state index contributed by atoms with van der Waals surface area (Å²) in [5.74, 6) is 0. The van der Waals surface area contributed by atoms with Crippen molar-refractivity contribution >= 4 is 10.0 Å². The van der Waals surface area contributed by atoms with Crippen LogP contribution in [0.2, 0.25) is 0 Å². The maximum absolute atomic E-state index is 11.9. The molecule has 0 aliphatic carbocycles. The predicted octanol–water partition coefficient (Wildman–Crippen LogP) is 0.702. The number of hydrogen-bond donors (Lipinski definition) is 0. The predicted molar refractivity (Wildman–Crippen MR) is 66.7 cm³/mol. The molecule has 7 heteroatoms. The number of aryl methyl sites for hydroxylation is 1. The van der Waals surface area contributed by atoms with E-state index in [1.54, 1.807) is 10.9 Å². The third-order valence-electron chi connectivity index (χ3n) is 3.09. The maximum atomic E-state index is 11.9. The lowest BCUT2D eigenvalue weighted by molar-refractivity contribution is 0.0994. The Bertz CT molecular complexity index is 489. The summed E-state index contributed by atoms with van der Waals surface area (Å²) < 4.78 is 32.1. The normalized spacial score (nSPS) is 20.7. The molecule has 0 aromatic carbocycles. The molecule has 1 fully saturated rings. The van der Waals surface area contributed by atoms with E-state index < -0.39 is 10.0 Å². The van der Waals surface area contributed by atoms with Crippen molar-refractivity contribution in [3.8, 4) is 0 Å². The van der Waals surface area contributed by atoms with Crippen LogP contribution in [0, 0.1) is 0 Å². The van der Waals surface area contributed by atoms with Crippen molar-refractivity contribution in [1.29, 1.82) is 0 Å². The molecule has 18 heavy (non-hydrogen) atoms. The van der Waals surface area contributed by atoms with Gasteiger partial charge in [0.2, 0.25) is 10.0 Å². The summed E-state index contributed by atoms with van der Waals surface area (Å²) in [4.78, 5) is 0.236. The number of hydrogen-bond acceptors (Lipinski definition) is 4. The average molecular weight is 273 g/mol. The number of ether oxygens (including phenoxy) is 1. The first-order valence-electron chi connectivity index (χ1n) is 6.07. The van der Waals surface area contributed by atoms with Crippen LogP contribution in [0.1, 0.15) is 19.3 Å². The lowest BCUT2D eigenvalue weighted by atomic mass is 10.2. The minimum Gasteiger partial charge on any atom is -0.378 e. The van der Waals surface area contributed by atoms with Crippen molar-refractivity contribution < 1.29 is 13.2 Å². The van der Waals surface area contributed by atoms with Gasteiger partial charge in [0.1, 0.15) is 4.90 Å². The summed E-state index contributed by atoms with van der Waals surface area (Å²) in [5.41, 5.74) is 0. The highest BCUT2D eigenvalue weighted by Crippen LogP contribution is 2.17. The molecule has 1 aromatic heterocycles. The monoisotopic (exact) mass is 273 g/mol. The summed E-state index contributed by atoms with van der Waals surface area (Å²) in [6, 6.07) is 0. The summed E-state index contributed by atoms with van der Waals surface area (Å²) >= 11 is 0. The SMILES string of the molecule is CN(C)S(=O)(=O)c1cnn(CCC2CCCO2)c1. The second-order valence-electron chi connectivity index (χ2n) is 4.65. The van der Waals surface area contributed by atoms with Crippen LogP contribution < -0.4 is 0 Å². The topological polar surface area (TPSA) is 64.4 Å². The Morgan fingerprint density at radius 1 is 1.56 bits per heavy atom. The fourth-order valence-corrected chi connectivity index (χ4v) is 2.82. The van der Waals surface area contributed by atoms with Crippen molar-refractivity contribution in [3.63, 3.8) is 0 Å². The van der Waals surface area contributed by atoms with Crippen molar-refractivity contribution in [2.45, 2.75) is 36.8 Å². The van der Waals surface area contributed by atoms with E-state index in [1.807, 2.05) is 0 Å². The Labute approximate surface area is 108 Å². The van der Waals surface area contributed by atoms with E-state index in [4.69, 9.17) is 4.74 Å². The largest absolute Gasteiger partial charge is 0.378 e. The summed E-state index contributed by atoms with van der Waals surface area (Å²) in [6.45, 7) is 1.53. The molecule has 0 radical (unpaired) electrons. The van der Waals surface area contributed by atoms with E-state index >= 15 is 0 Å². The molecule has 1 unspecified atom stereocenters. The van der Waals surface area contributed by atoms with E-state index in [2.05, 4.69) is 5.10 Å². The van der Waals surface area contributed by atoms with Crippen molar-refractivity contribution in [2.75, 3.05) is 20.7 Å². The highest BCUT2D eigenvalue weighted by atomic mass is 32.2. The van der Waals surface area contributed by atoms with Crippen LogP contribution in [0.3, 0.4) is 0 Å². The van der Waals surface area contributed by atoms with Gasteiger partial charge in [-0.05, 0) is 19.3 Å². The van der Waals surface area contributed by atoms with Gasteiger partial charge in [0.05, 0.1) is 12.3 Å². The number of aromatic nitrogens is 2. The summed E-state index contributed by atoms with van der Waals surface area (Å²) in [5, 5.41) is 4.08. The molecule has 1 saturated heterocycles. The molecule has 0 bridgehead atoms. The molecular weight excluding hydrogens is 254 g/mol. The number of sulfonamides is 1. The van der Waals surface area contributed by atoms with Gasteiger partial charge >= 0.3 is 0 Å². The molecule has 2 heterocycles. The van der Waals surface area contributed by atoms with Crippen LogP contribution in [0.5, 0.6) is 0 Å². The third-order valence-corrected chi connectivity index (χ3v) is 4.86. The Morgan fingerprint density at radius 2 is 2.33 bits per heavy atom. The van der Waals surface area contributed by atoms with Crippen molar-refractivity contribution in [3.05, 3.63) is 12.4 Å². The van der Waals surface area contributed by atoms with Gasteiger partial charge in [-0.3, -0.25) is 4.68 Å². The van der Waals surface area contributed by atoms with Gasteiger partial charge in [0.25, 0.3) is 0 Å². The first-order chi connectivity index (χ1) is 8.50. The zero-order chi connectivity index (χ0) is 13.2. The quantitative estimate of drug-likeness (QED) is 0.792. The van der Waals surface area contributed by atoms with E-state index in [0.717, 1.165) is 25.9 Å². The van der Waals surface area contributed by atoms with E-state index in [9.17, 15) is 8.42 Å². The second kappa shape index (κ2) is 5.38. The molecule has 1 aliphatic heterocycles. The van der Waals surface area contributed by atoms with Gasteiger partial charge in [-0.2, -0.15) is 5.10 Å². The van der Waals surface area contributed by atoms with Gasteiger partial charge in [0, 0.05) is 33.4 Å². The Hall–Kier alpha value is -0.920. The molecule has 1 aromatic rings. The van der Waals surface area contributed by atoms with E-state index in [1.165, 1.54) is 24.6 Å². The lowest BCUT2D eigenvalue weighted by Gasteiger charge is -2.09. The molecule has 0 saturated carbocycles. The van der Waals surface area contributed by atoms with Crippen LogP contribution in [-0.2, 0) is 21.3 Å². The van der Waals surface area contributed by atoms with Crippen LogP contribution in [0.15, 0.2) is 17.3 Å². The first-order valence-corrected chi connectivity index (χ1v) is 7.51. The van der Waals surface area contributed by atoms with E-state index in [-0.39, 0.29) is 4.90 Å². The molecule has 0 amide bonds. The Morgan fingerprint density at radius 3 is 2.94 bits per heavy atom. The van der Waals surface area contributed by atoms with Gasteiger partial charge in [-0.1, -0.05) is 0 Å². The molecule has 1 atom stereocenters. The Kier molecular flexibility index (Phi) is 4.04. The van der Waals surface area contributed by atoms with E-state index in [0.29, 0.717) is 12.6 Å². The standard InChI is InChI=1S/C11H19N3O3S/c1-13(2)18(15,16)11-8-12-14(9-11)6-5-10-4-3-7-17-10/h8-10H,3-7H2,1-2H3. The summed E-state index contributed by atoms with van der Waals surface area (Å²) in [7, 11) is -0.349. The number of nitrogens with zero attached hydrogens (tertiary/aromatic N) is 3. The number of rotatable bonds is 5. The molecule has 6 nitrogen and oxygen atoms in total. The fraction of sp³-hybridized carbons (Fsp3) is 0.727. The maximum Gasteiger partial charge on any atom is 0.245 e. The smallest absolute Gasteiger partial charge is 0.245 e. The van der Waals surface area contributed by atoms with Crippen LogP contribution >= 0.6 is 0 Å². The van der Waals surface area contributed by atoms with Crippen molar-refractivity contribution in [2.24, 2.45) is 0 Å². The van der Waals surface area contributed by atoms with Gasteiger partial charge in [0.15, 0.2) is 0 Å². The van der Waals surface area contributed by atoms with Crippen LogP contribution in [0.4, 0.5) is 0 Å². The zero-order valence-electron chi connectivity index (χ0n) is 10.7. The molecule has 0 N–H and O–H groups in total. The molecular formula is C11H19N3O3S. The fourth-order valence-electron chi connectivity index (χ4n) is 1.96. The van der Waals surface area contributed by atoms with Gasteiger partial charge in [-0.25, -0.2) is 12.7 Å². The highest BCUT2D eigenvalue weighted by Gasteiger charge is 2.20. The summed E-state index contributed by atoms with van der Waals surface area (Å²) in [6.07, 6.45) is 6.34. The van der Waals surface area contributed by atoms with Crippen molar-refractivity contribution in [1.82, 2.24) is 14.1 Å². The molecule has 102 valence electrons. The minimum atomic E-state index is -3.37. The van der Waals surface area contributed by atoms with Gasteiger partial charge in [-0.15, -0.1) is 0 Å². The molecule has 0 spiro atoms. The lowest BCUT2D eigenvalue weighted by Crippen LogP contribution is -2.21. The Balaban J connectivity index is 1.97. The van der Waals surface area contributed by atoms with Crippen LogP contribution in [-0.4, -0.2) is 49.3 Å². The highest BCUT2D eigenvalue weighted by molar-refractivity contribution is 7.89.